The van der Waals surface area contributed by atoms with Crippen molar-refractivity contribution < 1.29 is 17.9 Å². The standard InChI is InChI=1S/C31H31F3O/c1-2-3-4-19-35-27-15-8-22(9-16-27)5-6-23-10-17-28-26(20-23)14-13-25(31(28)34)12-7-24-11-18-29(32)30(33)21-24/h8-11,13-18,20-21H,2-7,12,19H2,1H3. The highest BCUT2D eigenvalue weighted by Gasteiger charge is 2.10. The van der Waals surface area contributed by atoms with Crippen LogP contribution in [0.3, 0.4) is 0 Å². The molecule has 0 amide bonds. The number of benzene rings is 4. The molecule has 0 radical (unpaired) electrons. The fraction of sp³-hybridized carbons (Fsp3) is 0.290. The van der Waals surface area contributed by atoms with Crippen LogP contribution in [0.4, 0.5) is 13.2 Å². The molecule has 0 unspecified atom stereocenters. The summed E-state index contributed by atoms with van der Waals surface area (Å²) in [6.45, 7) is 2.94. The molecule has 0 atom stereocenters. The molecule has 0 aliphatic carbocycles. The molecule has 4 aromatic rings. The van der Waals surface area contributed by atoms with E-state index >= 15 is 4.39 Å². The zero-order valence-electron chi connectivity index (χ0n) is 20.1. The predicted molar refractivity (Wildman–Crippen MR) is 137 cm³/mol. The van der Waals surface area contributed by atoms with Crippen LogP contribution < -0.4 is 4.74 Å². The second-order valence-electron chi connectivity index (χ2n) is 9.04. The lowest BCUT2D eigenvalue weighted by Crippen LogP contribution is -1.98. The summed E-state index contributed by atoms with van der Waals surface area (Å²) in [5.41, 5.74) is 3.62. The van der Waals surface area contributed by atoms with E-state index in [-0.39, 0.29) is 5.82 Å². The molecule has 0 saturated carbocycles. The Labute approximate surface area is 205 Å². The van der Waals surface area contributed by atoms with Crippen LogP contribution in [0.1, 0.15) is 48.4 Å². The van der Waals surface area contributed by atoms with Crippen LogP contribution in [-0.4, -0.2) is 6.61 Å². The molecule has 1 nitrogen and oxygen atoms in total. The minimum absolute atomic E-state index is 0.244. The molecule has 0 heterocycles. The molecule has 0 aliphatic heterocycles. The number of fused-ring (bicyclic) bond motifs is 1. The SMILES string of the molecule is CCCCCOc1ccc(CCc2ccc3c(F)c(CCc4ccc(F)c(F)c4)ccc3c2)cc1. The summed E-state index contributed by atoms with van der Waals surface area (Å²) in [5, 5.41) is 1.45. The Morgan fingerprint density at radius 3 is 2.09 bits per heavy atom. The fourth-order valence-corrected chi connectivity index (χ4v) is 4.29. The lowest BCUT2D eigenvalue weighted by atomic mass is 9.97. The molecule has 0 aliphatic rings. The number of unbranched alkanes of at least 4 members (excludes halogenated alkanes) is 2. The number of halogens is 3. The Bertz CT molecular complexity index is 1260. The summed E-state index contributed by atoms with van der Waals surface area (Å²) in [6, 6.07) is 21.7. The molecule has 4 rings (SSSR count). The van der Waals surface area contributed by atoms with Gasteiger partial charge in [-0.25, -0.2) is 13.2 Å². The number of hydrogen-bond donors (Lipinski definition) is 0. The van der Waals surface area contributed by atoms with Gasteiger partial charge in [-0.05, 0) is 84.0 Å². The van der Waals surface area contributed by atoms with E-state index in [4.69, 9.17) is 4.74 Å². The van der Waals surface area contributed by atoms with Gasteiger partial charge >= 0.3 is 0 Å². The third-order valence-electron chi connectivity index (χ3n) is 6.41. The van der Waals surface area contributed by atoms with Gasteiger partial charge in [-0.1, -0.05) is 68.3 Å². The zero-order chi connectivity index (χ0) is 24.6. The summed E-state index contributed by atoms with van der Waals surface area (Å²) in [6.07, 6.45) is 6.09. The second-order valence-corrected chi connectivity index (χ2v) is 9.04. The van der Waals surface area contributed by atoms with Gasteiger partial charge in [0.25, 0.3) is 0 Å². The third-order valence-corrected chi connectivity index (χ3v) is 6.41. The van der Waals surface area contributed by atoms with Crippen molar-refractivity contribution in [2.45, 2.75) is 51.9 Å². The van der Waals surface area contributed by atoms with E-state index in [0.29, 0.717) is 29.4 Å². The molecule has 182 valence electrons. The predicted octanol–water partition coefficient (Wildman–Crippen LogP) is 8.40. The Hall–Kier alpha value is -3.27. The van der Waals surface area contributed by atoms with Crippen molar-refractivity contribution in [2.24, 2.45) is 0 Å². The third kappa shape index (κ3) is 6.66. The highest BCUT2D eigenvalue weighted by molar-refractivity contribution is 5.84. The van der Waals surface area contributed by atoms with Gasteiger partial charge in [-0.2, -0.15) is 0 Å². The molecule has 0 N–H and O–H groups in total. The Kier molecular flexibility index (Phi) is 8.46. The Balaban J connectivity index is 1.35. The zero-order valence-corrected chi connectivity index (χ0v) is 20.1. The molecule has 4 heteroatoms. The van der Waals surface area contributed by atoms with Crippen LogP contribution in [0.2, 0.25) is 0 Å². The molecule has 0 saturated heterocycles. The van der Waals surface area contributed by atoms with Crippen molar-refractivity contribution in [1.29, 1.82) is 0 Å². The average molecular weight is 477 g/mol. The lowest BCUT2D eigenvalue weighted by Gasteiger charge is -2.10. The van der Waals surface area contributed by atoms with Crippen LogP contribution in [0.5, 0.6) is 5.75 Å². The maximum atomic E-state index is 15.1. The van der Waals surface area contributed by atoms with E-state index < -0.39 is 11.6 Å². The maximum Gasteiger partial charge on any atom is 0.159 e. The van der Waals surface area contributed by atoms with Gasteiger partial charge in [0.05, 0.1) is 6.61 Å². The van der Waals surface area contributed by atoms with Crippen molar-refractivity contribution in [2.75, 3.05) is 6.61 Å². The average Bonchev–Trinajstić information content (AvgIpc) is 2.87. The van der Waals surface area contributed by atoms with Crippen molar-refractivity contribution in [3.05, 3.63) is 113 Å². The number of aryl methyl sites for hydroxylation is 4. The van der Waals surface area contributed by atoms with Crippen molar-refractivity contribution in [3.8, 4) is 5.75 Å². The molecule has 0 aromatic heterocycles. The van der Waals surface area contributed by atoms with Gasteiger partial charge in [0.15, 0.2) is 11.6 Å². The van der Waals surface area contributed by atoms with Gasteiger partial charge in [-0.15, -0.1) is 0 Å². The Morgan fingerprint density at radius 2 is 1.31 bits per heavy atom. The van der Waals surface area contributed by atoms with Gasteiger partial charge in [0.1, 0.15) is 11.6 Å². The lowest BCUT2D eigenvalue weighted by molar-refractivity contribution is 0.306. The highest BCUT2D eigenvalue weighted by Crippen LogP contribution is 2.25. The molecule has 0 fully saturated rings. The van der Waals surface area contributed by atoms with Crippen LogP contribution in [0.25, 0.3) is 10.8 Å². The van der Waals surface area contributed by atoms with Crippen LogP contribution in [-0.2, 0) is 25.7 Å². The summed E-state index contributed by atoms with van der Waals surface area (Å²) < 4.78 is 47.5. The van der Waals surface area contributed by atoms with E-state index in [9.17, 15) is 8.78 Å². The van der Waals surface area contributed by atoms with Crippen LogP contribution >= 0.6 is 0 Å². The second kappa shape index (κ2) is 11.9. The first-order chi connectivity index (χ1) is 17.0. The number of hydrogen-bond acceptors (Lipinski definition) is 1. The molecule has 35 heavy (non-hydrogen) atoms. The Morgan fingerprint density at radius 1 is 0.629 bits per heavy atom. The molecular formula is C31H31F3O. The summed E-state index contributed by atoms with van der Waals surface area (Å²) >= 11 is 0. The van der Waals surface area contributed by atoms with E-state index in [1.165, 1.54) is 30.5 Å². The van der Waals surface area contributed by atoms with Crippen LogP contribution in [0.15, 0.2) is 72.8 Å². The quantitative estimate of drug-likeness (QED) is 0.198. The molecule has 0 spiro atoms. The van der Waals surface area contributed by atoms with Crippen molar-refractivity contribution >= 4 is 10.8 Å². The first kappa shape index (κ1) is 24.8. The van der Waals surface area contributed by atoms with E-state index in [2.05, 4.69) is 19.1 Å². The molecular weight excluding hydrogens is 445 g/mol. The normalized spacial score (nSPS) is 11.2. The summed E-state index contributed by atoms with van der Waals surface area (Å²) in [5.74, 6) is -1.08. The topological polar surface area (TPSA) is 9.23 Å². The fourth-order valence-electron chi connectivity index (χ4n) is 4.29. The van der Waals surface area contributed by atoms with Gasteiger partial charge in [0, 0.05) is 5.39 Å². The minimum atomic E-state index is -0.874. The van der Waals surface area contributed by atoms with E-state index in [1.54, 1.807) is 6.07 Å². The van der Waals surface area contributed by atoms with Gasteiger partial charge in [0.2, 0.25) is 0 Å². The number of rotatable bonds is 11. The molecule has 4 aromatic carbocycles. The highest BCUT2D eigenvalue weighted by atomic mass is 19.2. The van der Waals surface area contributed by atoms with Crippen molar-refractivity contribution in [3.63, 3.8) is 0 Å². The first-order valence-corrected chi connectivity index (χ1v) is 12.4. The largest absolute Gasteiger partial charge is 0.494 e. The van der Waals surface area contributed by atoms with E-state index in [1.807, 2.05) is 36.4 Å². The minimum Gasteiger partial charge on any atom is -0.494 e. The summed E-state index contributed by atoms with van der Waals surface area (Å²) in [4.78, 5) is 0. The van der Waals surface area contributed by atoms with Crippen molar-refractivity contribution in [1.82, 2.24) is 0 Å². The smallest absolute Gasteiger partial charge is 0.159 e. The maximum absolute atomic E-state index is 15.1. The van der Waals surface area contributed by atoms with Gasteiger partial charge < -0.3 is 4.74 Å². The number of ether oxygens (including phenoxy) is 1. The first-order valence-electron chi connectivity index (χ1n) is 12.4. The van der Waals surface area contributed by atoms with E-state index in [0.717, 1.165) is 48.6 Å². The van der Waals surface area contributed by atoms with Crippen LogP contribution in [0, 0.1) is 17.5 Å². The monoisotopic (exact) mass is 476 g/mol. The molecule has 0 bridgehead atoms. The van der Waals surface area contributed by atoms with Gasteiger partial charge in [-0.3, -0.25) is 0 Å². The summed E-state index contributed by atoms with van der Waals surface area (Å²) in [7, 11) is 0.